The van der Waals surface area contributed by atoms with Gasteiger partial charge in [0.15, 0.2) is 0 Å². The molecule has 2 heterocycles. The number of anilines is 1. The summed E-state index contributed by atoms with van der Waals surface area (Å²) in [6.07, 6.45) is 3.92. The summed E-state index contributed by atoms with van der Waals surface area (Å²) in [4.78, 5) is 9.86. The first-order valence-corrected chi connectivity index (χ1v) is 8.48. The normalized spacial score (nSPS) is 22.2. The third-order valence-electron chi connectivity index (χ3n) is 4.76. The maximum Gasteiger partial charge on any atom is 0.128 e. The fourth-order valence-electron chi connectivity index (χ4n) is 3.27. The van der Waals surface area contributed by atoms with Crippen molar-refractivity contribution in [3.8, 4) is 0 Å². The zero-order valence-corrected chi connectivity index (χ0v) is 13.4. The van der Waals surface area contributed by atoms with Gasteiger partial charge in [0, 0.05) is 31.7 Å². The van der Waals surface area contributed by atoms with Gasteiger partial charge in [0.05, 0.1) is 5.69 Å². The number of rotatable bonds is 7. The molecule has 21 heavy (non-hydrogen) atoms. The van der Waals surface area contributed by atoms with Gasteiger partial charge in [0.2, 0.25) is 0 Å². The predicted molar refractivity (Wildman–Crippen MR) is 87.6 cm³/mol. The average molecular weight is 288 g/mol. The van der Waals surface area contributed by atoms with Crippen molar-refractivity contribution in [2.75, 3.05) is 31.1 Å². The Morgan fingerprint density at radius 1 is 1.24 bits per heavy atom. The molecule has 3 rings (SSSR count). The van der Waals surface area contributed by atoms with Gasteiger partial charge < -0.3 is 10.2 Å². The summed E-state index contributed by atoms with van der Waals surface area (Å²) in [6, 6.07) is 7.88. The molecule has 1 aliphatic heterocycles. The highest BCUT2D eigenvalue weighted by Gasteiger charge is 2.27. The Morgan fingerprint density at radius 2 is 2.05 bits per heavy atom. The zero-order chi connectivity index (χ0) is 14.7. The molecule has 0 spiro atoms. The van der Waals surface area contributed by atoms with Crippen molar-refractivity contribution in [2.24, 2.45) is 0 Å². The molecule has 116 valence electrons. The van der Waals surface area contributed by atoms with Crippen molar-refractivity contribution in [1.29, 1.82) is 0 Å². The van der Waals surface area contributed by atoms with Crippen LogP contribution in [0.15, 0.2) is 18.2 Å². The van der Waals surface area contributed by atoms with Crippen molar-refractivity contribution in [2.45, 2.75) is 51.7 Å². The molecule has 0 amide bonds. The molecule has 2 aliphatic rings. The van der Waals surface area contributed by atoms with E-state index >= 15 is 0 Å². The number of nitrogens with zero attached hydrogens (tertiary/aromatic N) is 3. The minimum absolute atomic E-state index is 0.690. The van der Waals surface area contributed by atoms with Crippen LogP contribution in [0.4, 0.5) is 5.82 Å². The summed E-state index contributed by atoms with van der Waals surface area (Å²) in [7, 11) is 0. The van der Waals surface area contributed by atoms with Gasteiger partial charge in [-0.05, 0) is 44.5 Å². The number of nitrogens with one attached hydrogen (secondary N) is 1. The second-order valence-electron chi connectivity index (χ2n) is 6.25. The van der Waals surface area contributed by atoms with E-state index in [0.717, 1.165) is 44.6 Å². The van der Waals surface area contributed by atoms with Gasteiger partial charge in [-0.25, -0.2) is 4.98 Å². The fourth-order valence-corrected chi connectivity index (χ4v) is 3.27. The topological polar surface area (TPSA) is 31.4 Å². The SMILES string of the molecule is CCN(CC)C1CCN(c2cccc(CNC3CC3)n2)C1. The number of hydrogen-bond acceptors (Lipinski definition) is 4. The van der Waals surface area contributed by atoms with E-state index in [1.807, 2.05) is 0 Å². The lowest BCUT2D eigenvalue weighted by Gasteiger charge is -2.26. The van der Waals surface area contributed by atoms with E-state index < -0.39 is 0 Å². The molecular weight excluding hydrogens is 260 g/mol. The molecule has 1 aromatic heterocycles. The third-order valence-corrected chi connectivity index (χ3v) is 4.76. The molecule has 0 bridgehead atoms. The van der Waals surface area contributed by atoms with E-state index in [2.05, 4.69) is 47.2 Å². The monoisotopic (exact) mass is 288 g/mol. The summed E-state index contributed by atoms with van der Waals surface area (Å²) in [5, 5.41) is 3.55. The standard InChI is InChI=1S/C17H28N4/c1-3-20(4-2)16-10-11-21(13-16)17-7-5-6-15(19-17)12-18-14-8-9-14/h5-7,14,16,18H,3-4,8-13H2,1-2H3. The Kier molecular flexibility index (Phi) is 4.76. The van der Waals surface area contributed by atoms with Crippen LogP contribution in [0.2, 0.25) is 0 Å². The van der Waals surface area contributed by atoms with Crippen molar-refractivity contribution < 1.29 is 0 Å². The maximum absolute atomic E-state index is 4.84. The van der Waals surface area contributed by atoms with E-state index in [4.69, 9.17) is 4.98 Å². The average Bonchev–Trinajstić information content (AvgIpc) is 3.23. The smallest absolute Gasteiger partial charge is 0.128 e. The second kappa shape index (κ2) is 6.75. The molecule has 1 aliphatic carbocycles. The lowest BCUT2D eigenvalue weighted by atomic mass is 10.2. The van der Waals surface area contributed by atoms with Gasteiger partial charge in [-0.3, -0.25) is 4.90 Å². The van der Waals surface area contributed by atoms with Crippen molar-refractivity contribution >= 4 is 5.82 Å². The number of hydrogen-bond donors (Lipinski definition) is 1. The van der Waals surface area contributed by atoms with Crippen LogP contribution in [0, 0.1) is 0 Å². The summed E-state index contributed by atoms with van der Waals surface area (Å²) in [6.45, 7) is 9.97. The van der Waals surface area contributed by atoms with E-state index in [-0.39, 0.29) is 0 Å². The van der Waals surface area contributed by atoms with Gasteiger partial charge in [0.25, 0.3) is 0 Å². The third kappa shape index (κ3) is 3.74. The first kappa shape index (κ1) is 14.8. The van der Waals surface area contributed by atoms with Gasteiger partial charge in [-0.2, -0.15) is 0 Å². The van der Waals surface area contributed by atoms with Crippen LogP contribution in [-0.2, 0) is 6.54 Å². The molecule has 1 saturated carbocycles. The predicted octanol–water partition coefficient (Wildman–Crippen LogP) is 2.25. The molecule has 1 N–H and O–H groups in total. The first-order valence-electron chi connectivity index (χ1n) is 8.48. The van der Waals surface area contributed by atoms with Crippen LogP contribution in [0.3, 0.4) is 0 Å². The van der Waals surface area contributed by atoms with Crippen LogP contribution in [0.5, 0.6) is 0 Å². The highest BCUT2D eigenvalue weighted by molar-refractivity contribution is 5.41. The summed E-state index contributed by atoms with van der Waals surface area (Å²) in [5.41, 5.74) is 1.17. The molecule has 4 nitrogen and oxygen atoms in total. The summed E-state index contributed by atoms with van der Waals surface area (Å²) < 4.78 is 0. The van der Waals surface area contributed by atoms with Crippen LogP contribution < -0.4 is 10.2 Å². The molecule has 1 unspecified atom stereocenters. The van der Waals surface area contributed by atoms with Gasteiger partial charge >= 0.3 is 0 Å². The van der Waals surface area contributed by atoms with Gasteiger partial charge in [-0.15, -0.1) is 0 Å². The van der Waals surface area contributed by atoms with Crippen molar-refractivity contribution in [1.82, 2.24) is 15.2 Å². The van der Waals surface area contributed by atoms with Gasteiger partial charge in [-0.1, -0.05) is 19.9 Å². The Hall–Kier alpha value is -1.13. The fraction of sp³-hybridized carbons (Fsp3) is 0.706. The summed E-state index contributed by atoms with van der Waals surface area (Å²) in [5.74, 6) is 1.15. The van der Waals surface area contributed by atoms with E-state index in [1.165, 1.54) is 25.0 Å². The molecule has 1 atom stereocenters. The molecule has 0 aromatic carbocycles. The van der Waals surface area contributed by atoms with Crippen LogP contribution in [-0.4, -0.2) is 48.1 Å². The Morgan fingerprint density at radius 3 is 2.76 bits per heavy atom. The molecular formula is C17H28N4. The lowest BCUT2D eigenvalue weighted by molar-refractivity contribution is 0.232. The van der Waals surface area contributed by atoms with E-state index in [1.54, 1.807) is 0 Å². The highest BCUT2D eigenvalue weighted by atomic mass is 15.3. The first-order chi connectivity index (χ1) is 10.3. The minimum Gasteiger partial charge on any atom is -0.355 e. The molecule has 2 fully saturated rings. The minimum atomic E-state index is 0.690. The van der Waals surface area contributed by atoms with Crippen LogP contribution in [0.1, 0.15) is 38.8 Å². The molecule has 1 aromatic rings. The zero-order valence-electron chi connectivity index (χ0n) is 13.4. The quantitative estimate of drug-likeness (QED) is 0.834. The Bertz CT molecular complexity index is 454. The Balaban J connectivity index is 1.59. The number of pyridine rings is 1. The molecule has 1 saturated heterocycles. The maximum atomic E-state index is 4.84. The largest absolute Gasteiger partial charge is 0.355 e. The van der Waals surface area contributed by atoms with Crippen molar-refractivity contribution in [3.05, 3.63) is 23.9 Å². The summed E-state index contributed by atoms with van der Waals surface area (Å²) >= 11 is 0. The van der Waals surface area contributed by atoms with Crippen LogP contribution >= 0.6 is 0 Å². The van der Waals surface area contributed by atoms with Crippen molar-refractivity contribution in [3.63, 3.8) is 0 Å². The Labute approximate surface area is 128 Å². The molecule has 0 radical (unpaired) electrons. The number of likely N-dealkylation sites (N-methyl/N-ethyl adjacent to an activating group) is 1. The van der Waals surface area contributed by atoms with Gasteiger partial charge in [0.1, 0.15) is 5.82 Å². The van der Waals surface area contributed by atoms with Crippen LogP contribution in [0.25, 0.3) is 0 Å². The molecule has 4 heteroatoms. The second-order valence-corrected chi connectivity index (χ2v) is 6.25. The van der Waals surface area contributed by atoms with E-state index in [0.29, 0.717) is 6.04 Å². The van der Waals surface area contributed by atoms with E-state index in [9.17, 15) is 0 Å². The highest BCUT2D eigenvalue weighted by Crippen LogP contribution is 2.22. The lowest BCUT2D eigenvalue weighted by Crippen LogP contribution is -2.37. The number of aromatic nitrogens is 1.